The topological polar surface area (TPSA) is 29.1 Å². The Labute approximate surface area is 150 Å². The Balaban J connectivity index is -0.0000000714. The van der Waals surface area contributed by atoms with Crippen molar-refractivity contribution in [2.24, 2.45) is 11.3 Å². The zero-order chi connectivity index (χ0) is 18.0. The van der Waals surface area contributed by atoms with Crippen LogP contribution in [-0.4, -0.2) is 19.9 Å². The molecule has 0 aromatic carbocycles. The Morgan fingerprint density at radius 2 is 1.43 bits per heavy atom. The molecule has 146 valence electrons. The fourth-order valence-corrected chi connectivity index (χ4v) is 2.14. The lowest BCUT2D eigenvalue weighted by Crippen LogP contribution is -2.14. The Morgan fingerprint density at radius 1 is 1.09 bits per heavy atom. The summed E-state index contributed by atoms with van der Waals surface area (Å²) in [6.45, 7) is 14.9. The first-order valence-corrected chi connectivity index (χ1v) is 9.28. The summed E-state index contributed by atoms with van der Waals surface area (Å²) in [5, 5.41) is 2.75. The maximum absolute atomic E-state index is 10.4. The molecule has 0 aromatic heterocycles. The number of rotatable bonds is 3. The summed E-state index contributed by atoms with van der Waals surface area (Å²) in [5.74, 6) is 0.881. The number of ketones is 1. The highest BCUT2D eigenvalue weighted by atomic mass is 16.1. The predicted octanol–water partition coefficient (Wildman–Crippen LogP) is 7.12. The van der Waals surface area contributed by atoms with Crippen molar-refractivity contribution in [1.82, 2.24) is 5.32 Å². The molecule has 1 N–H and O–H groups in total. The number of carbonyl (C=O) groups is 1. The molecule has 0 heterocycles. The van der Waals surface area contributed by atoms with E-state index < -0.39 is 0 Å². The van der Waals surface area contributed by atoms with Crippen molar-refractivity contribution in [3.63, 3.8) is 0 Å². The standard InChI is InChI=1S/C8H16.C7H14O.C3H8.C2H7N.CH4.H2/c1-8(2)6-4-3-5-7-8;1-4-6(2)5-7(3)8;2*1-3-2;;/h3-7H2,1-2H3;6H,4-5H2,1-3H3;3H2,1-2H3;3H,1-2H3;1H4;1H. The van der Waals surface area contributed by atoms with Gasteiger partial charge in [0.05, 0.1) is 0 Å². The number of Topliss-reactive ketones (excluding diaryl/α,β-unsaturated/α-hetero) is 1. The SMILES string of the molecule is C.CC1(C)CCCCC1.CCC.CCC(C)CC(C)=O.CNC.[HH]. The van der Waals surface area contributed by atoms with Gasteiger partial charge in [0.2, 0.25) is 0 Å². The van der Waals surface area contributed by atoms with Gasteiger partial charge in [0, 0.05) is 7.85 Å². The van der Waals surface area contributed by atoms with Crippen LogP contribution in [-0.2, 0) is 4.79 Å². The lowest BCUT2D eigenvalue weighted by molar-refractivity contribution is -0.117. The molecule has 0 amide bonds. The monoisotopic (exact) mass is 333 g/mol. The highest BCUT2D eigenvalue weighted by Crippen LogP contribution is 2.34. The van der Waals surface area contributed by atoms with Gasteiger partial charge in [-0.05, 0) is 45.2 Å². The number of hydrogen-bond acceptors (Lipinski definition) is 2. The van der Waals surface area contributed by atoms with Gasteiger partial charge in [-0.3, -0.25) is 0 Å². The maximum atomic E-state index is 10.4. The van der Waals surface area contributed by atoms with Gasteiger partial charge in [-0.1, -0.05) is 81.1 Å². The lowest BCUT2D eigenvalue weighted by atomic mass is 9.78. The van der Waals surface area contributed by atoms with Crippen molar-refractivity contribution in [2.75, 3.05) is 14.1 Å². The second kappa shape index (κ2) is 21.6. The van der Waals surface area contributed by atoms with Gasteiger partial charge in [-0.2, -0.15) is 0 Å². The van der Waals surface area contributed by atoms with Crippen molar-refractivity contribution in [2.45, 2.75) is 107 Å². The smallest absolute Gasteiger partial charge is 0.130 e. The van der Waals surface area contributed by atoms with Gasteiger partial charge in [-0.25, -0.2) is 0 Å². The van der Waals surface area contributed by atoms with Crippen LogP contribution in [0, 0.1) is 11.3 Å². The van der Waals surface area contributed by atoms with Crippen LogP contribution < -0.4 is 5.32 Å². The molecule has 0 aromatic rings. The average molecular weight is 334 g/mol. The predicted molar refractivity (Wildman–Crippen MR) is 111 cm³/mol. The Morgan fingerprint density at radius 3 is 1.57 bits per heavy atom. The summed E-state index contributed by atoms with van der Waals surface area (Å²) in [6.07, 6.45) is 10.4. The van der Waals surface area contributed by atoms with Crippen molar-refractivity contribution in [3.05, 3.63) is 0 Å². The Hall–Kier alpha value is -0.370. The third-order valence-electron chi connectivity index (χ3n) is 3.54. The third kappa shape index (κ3) is 34.1. The average Bonchev–Trinajstić information content (AvgIpc) is 2.40. The minimum absolute atomic E-state index is 0. The molecule has 2 heteroatoms. The summed E-state index contributed by atoms with van der Waals surface area (Å²) in [6, 6.07) is 0. The highest BCUT2D eigenvalue weighted by molar-refractivity contribution is 5.75. The minimum atomic E-state index is 0. The first kappa shape index (κ1) is 30.5. The molecular weight excluding hydrogens is 282 g/mol. The first-order valence-electron chi connectivity index (χ1n) is 9.28. The second-order valence-electron chi connectivity index (χ2n) is 7.35. The van der Waals surface area contributed by atoms with E-state index in [-0.39, 0.29) is 8.85 Å². The zero-order valence-electron chi connectivity index (χ0n) is 17.1. The summed E-state index contributed by atoms with van der Waals surface area (Å²) in [5.41, 5.74) is 0.679. The summed E-state index contributed by atoms with van der Waals surface area (Å²) in [4.78, 5) is 10.4. The number of nitrogens with one attached hydrogen (secondary N) is 1. The zero-order valence-corrected chi connectivity index (χ0v) is 17.1. The Kier molecular flexibility index (Phi) is 28.7. The quantitative estimate of drug-likeness (QED) is 0.595. The molecule has 2 nitrogen and oxygen atoms in total. The van der Waals surface area contributed by atoms with Crippen LogP contribution in [0.25, 0.3) is 0 Å². The number of hydrogen-bond donors (Lipinski definition) is 1. The number of carbonyl (C=O) groups excluding carboxylic acids is 1. The van der Waals surface area contributed by atoms with E-state index in [1.165, 1.54) is 38.5 Å². The van der Waals surface area contributed by atoms with Crippen molar-refractivity contribution in [1.29, 1.82) is 0 Å². The molecule has 0 aliphatic heterocycles. The van der Waals surface area contributed by atoms with E-state index in [1.54, 1.807) is 6.92 Å². The molecule has 1 aliphatic carbocycles. The van der Waals surface area contributed by atoms with E-state index >= 15 is 0 Å². The van der Waals surface area contributed by atoms with Gasteiger partial charge in [0.1, 0.15) is 5.78 Å². The van der Waals surface area contributed by atoms with Crippen LogP contribution in [0.15, 0.2) is 0 Å². The Bertz CT molecular complexity index is 220. The molecule has 0 radical (unpaired) electrons. The van der Waals surface area contributed by atoms with Gasteiger partial charge < -0.3 is 10.1 Å². The molecule has 1 unspecified atom stereocenters. The normalized spacial score (nSPS) is 15.9. The first-order chi connectivity index (χ1) is 10.2. The molecule has 0 bridgehead atoms. The fraction of sp³-hybridized carbons (Fsp3) is 0.952. The van der Waals surface area contributed by atoms with Crippen LogP contribution in [0.1, 0.15) is 109 Å². The van der Waals surface area contributed by atoms with Gasteiger partial charge in [0.15, 0.2) is 0 Å². The van der Waals surface area contributed by atoms with Crippen molar-refractivity contribution < 1.29 is 6.22 Å². The van der Waals surface area contributed by atoms with E-state index in [0.717, 1.165) is 12.8 Å². The van der Waals surface area contributed by atoms with Crippen LogP contribution in [0.2, 0.25) is 0 Å². The van der Waals surface area contributed by atoms with Crippen LogP contribution in [0.3, 0.4) is 0 Å². The maximum Gasteiger partial charge on any atom is 0.130 e. The highest BCUT2D eigenvalue weighted by Gasteiger charge is 2.19. The van der Waals surface area contributed by atoms with Gasteiger partial charge in [-0.15, -0.1) is 0 Å². The van der Waals surface area contributed by atoms with Crippen LogP contribution in [0.4, 0.5) is 0 Å². The van der Waals surface area contributed by atoms with Gasteiger partial charge in [0.25, 0.3) is 0 Å². The summed E-state index contributed by atoms with van der Waals surface area (Å²) in [7, 11) is 3.75. The summed E-state index contributed by atoms with van der Waals surface area (Å²) < 4.78 is 0. The fourth-order valence-electron chi connectivity index (χ4n) is 2.14. The molecule has 0 saturated heterocycles. The van der Waals surface area contributed by atoms with Crippen LogP contribution >= 0.6 is 0 Å². The van der Waals surface area contributed by atoms with E-state index in [0.29, 0.717) is 17.1 Å². The molecule has 23 heavy (non-hydrogen) atoms. The second-order valence-corrected chi connectivity index (χ2v) is 7.35. The summed E-state index contributed by atoms with van der Waals surface area (Å²) >= 11 is 0. The molecule has 1 rings (SSSR count). The molecule has 1 saturated carbocycles. The molecule has 0 spiro atoms. The third-order valence-corrected chi connectivity index (χ3v) is 3.54. The molecule has 1 atom stereocenters. The van der Waals surface area contributed by atoms with E-state index in [4.69, 9.17) is 0 Å². The largest absolute Gasteiger partial charge is 0.323 e. The molecule has 1 fully saturated rings. The van der Waals surface area contributed by atoms with Crippen molar-refractivity contribution >= 4 is 5.78 Å². The lowest BCUT2D eigenvalue weighted by Gasteiger charge is -2.28. The molecule has 1 aliphatic rings. The van der Waals surface area contributed by atoms with E-state index in [9.17, 15) is 4.79 Å². The minimum Gasteiger partial charge on any atom is -0.323 e. The van der Waals surface area contributed by atoms with Crippen molar-refractivity contribution in [3.8, 4) is 0 Å². The van der Waals surface area contributed by atoms with Gasteiger partial charge >= 0.3 is 0 Å². The molecular formula is C21H51NO. The van der Waals surface area contributed by atoms with E-state index in [1.807, 2.05) is 14.1 Å². The van der Waals surface area contributed by atoms with Crippen LogP contribution in [0.5, 0.6) is 0 Å². The van der Waals surface area contributed by atoms with E-state index in [2.05, 4.69) is 46.9 Å².